The molecule has 0 heterocycles. The highest BCUT2D eigenvalue weighted by Gasteiger charge is 2.21. The molecule has 0 spiro atoms. The van der Waals surface area contributed by atoms with E-state index >= 15 is 0 Å². The topological polar surface area (TPSA) is 20.2 Å². The summed E-state index contributed by atoms with van der Waals surface area (Å²) in [4.78, 5) is 0. The molecule has 1 atom stereocenters. The molecule has 0 fully saturated rings. The van der Waals surface area contributed by atoms with Crippen molar-refractivity contribution < 1.29 is 18.3 Å². The molecule has 0 saturated carbocycles. The molecular weight excluding hydrogens is 217 g/mol. The van der Waals surface area contributed by atoms with Crippen LogP contribution in [0.3, 0.4) is 0 Å². The summed E-state index contributed by atoms with van der Waals surface area (Å²) in [6.45, 7) is 0.894. The van der Waals surface area contributed by atoms with Crippen LogP contribution in [0.1, 0.15) is 18.4 Å². The first-order valence-electron chi connectivity index (χ1n) is 3.92. The van der Waals surface area contributed by atoms with E-state index in [1.54, 1.807) is 0 Å². The fourth-order valence-electron chi connectivity index (χ4n) is 1.12. The quantitative estimate of drug-likeness (QED) is 0.766. The van der Waals surface area contributed by atoms with Crippen molar-refractivity contribution in [2.24, 2.45) is 0 Å². The van der Waals surface area contributed by atoms with Gasteiger partial charge < -0.3 is 5.11 Å². The van der Waals surface area contributed by atoms with Gasteiger partial charge in [0.05, 0.1) is 5.02 Å². The predicted molar refractivity (Wildman–Crippen MR) is 46.8 cm³/mol. The molecule has 1 N–H and O–H groups in total. The normalized spacial score (nSPS) is 13.0. The average Bonchev–Trinajstić information content (AvgIpc) is 2.15. The van der Waals surface area contributed by atoms with Crippen molar-refractivity contribution in [3.05, 3.63) is 34.1 Å². The van der Waals surface area contributed by atoms with Gasteiger partial charge in [-0.15, -0.1) is 0 Å². The van der Waals surface area contributed by atoms with E-state index < -0.39 is 40.6 Å². The minimum absolute atomic E-state index is 0.479. The minimum atomic E-state index is -1.30. The molecule has 0 aliphatic rings. The molecular formula is C9H8ClF3O. The summed E-state index contributed by atoms with van der Waals surface area (Å²) in [6, 6.07) is 0.569. The van der Waals surface area contributed by atoms with Crippen LogP contribution in [0.4, 0.5) is 13.2 Å². The molecule has 1 nitrogen and oxygen atoms in total. The summed E-state index contributed by atoms with van der Waals surface area (Å²) in [6.07, 6.45) is 0. The van der Waals surface area contributed by atoms with Crippen molar-refractivity contribution >= 4 is 11.6 Å². The molecule has 1 aromatic carbocycles. The van der Waals surface area contributed by atoms with Gasteiger partial charge in [0.1, 0.15) is 5.82 Å². The summed E-state index contributed by atoms with van der Waals surface area (Å²) in [5, 5.41) is 8.23. The molecule has 0 bridgehead atoms. The second kappa shape index (κ2) is 4.19. The van der Waals surface area contributed by atoms with Crippen molar-refractivity contribution in [3.63, 3.8) is 0 Å². The third-order valence-corrected chi connectivity index (χ3v) is 2.19. The molecule has 1 unspecified atom stereocenters. The minimum Gasteiger partial charge on any atom is -0.396 e. The Morgan fingerprint density at radius 1 is 1.36 bits per heavy atom. The second-order valence-corrected chi connectivity index (χ2v) is 3.37. The van der Waals surface area contributed by atoms with Gasteiger partial charge in [-0.3, -0.25) is 0 Å². The van der Waals surface area contributed by atoms with Gasteiger partial charge in [-0.05, 0) is 6.07 Å². The Labute approximate surface area is 84.1 Å². The van der Waals surface area contributed by atoms with Crippen LogP contribution in [-0.2, 0) is 0 Å². The van der Waals surface area contributed by atoms with Crippen molar-refractivity contribution in [3.8, 4) is 0 Å². The maximum absolute atomic E-state index is 13.2. The first-order chi connectivity index (χ1) is 6.49. The number of hydrogen-bond acceptors (Lipinski definition) is 1. The smallest absolute Gasteiger partial charge is 0.165 e. The van der Waals surface area contributed by atoms with E-state index in [0.717, 1.165) is 0 Å². The van der Waals surface area contributed by atoms with E-state index in [9.17, 15) is 13.2 Å². The van der Waals surface area contributed by atoms with Crippen LogP contribution in [0.2, 0.25) is 5.02 Å². The van der Waals surface area contributed by atoms with Crippen molar-refractivity contribution in [2.45, 2.75) is 12.8 Å². The first kappa shape index (κ1) is 11.3. The highest BCUT2D eigenvalue weighted by Crippen LogP contribution is 2.29. The summed E-state index contributed by atoms with van der Waals surface area (Å²) in [5.41, 5.74) is -0.516. The Hall–Kier alpha value is -0.740. The van der Waals surface area contributed by atoms with Gasteiger partial charge in [0.2, 0.25) is 0 Å². The lowest BCUT2D eigenvalue weighted by Crippen LogP contribution is -2.07. The zero-order valence-electron chi connectivity index (χ0n) is 7.32. The molecule has 78 valence electrons. The molecule has 14 heavy (non-hydrogen) atoms. The maximum atomic E-state index is 13.2. The molecule has 0 aliphatic carbocycles. The summed E-state index contributed by atoms with van der Waals surface area (Å²) in [7, 11) is 0. The van der Waals surface area contributed by atoms with Crippen molar-refractivity contribution in [1.29, 1.82) is 0 Å². The number of halogens is 4. The van der Waals surface area contributed by atoms with Gasteiger partial charge in [0.25, 0.3) is 0 Å². The van der Waals surface area contributed by atoms with Gasteiger partial charge in [0, 0.05) is 18.1 Å². The lowest BCUT2D eigenvalue weighted by atomic mass is 10.0. The van der Waals surface area contributed by atoms with E-state index in [2.05, 4.69) is 0 Å². The lowest BCUT2D eigenvalue weighted by Gasteiger charge is -2.12. The monoisotopic (exact) mass is 224 g/mol. The van der Waals surface area contributed by atoms with Crippen LogP contribution >= 0.6 is 11.6 Å². The number of hydrogen-bond donors (Lipinski definition) is 1. The molecule has 0 radical (unpaired) electrons. The van der Waals surface area contributed by atoms with Gasteiger partial charge in [-0.2, -0.15) is 0 Å². The number of aliphatic hydroxyl groups is 1. The zero-order valence-corrected chi connectivity index (χ0v) is 8.08. The Kier molecular flexibility index (Phi) is 3.39. The first-order valence-corrected chi connectivity index (χ1v) is 4.30. The Balaban J connectivity index is 3.39. The number of rotatable bonds is 2. The van der Waals surface area contributed by atoms with Crippen LogP contribution in [0, 0.1) is 17.5 Å². The third-order valence-electron chi connectivity index (χ3n) is 1.91. The highest BCUT2D eigenvalue weighted by atomic mass is 35.5. The van der Waals surface area contributed by atoms with Crippen LogP contribution in [0.5, 0.6) is 0 Å². The van der Waals surface area contributed by atoms with Crippen LogP contribution < -0.4 is 0 Å². The fraction of sp³-hybridized carbons (Fsp3) is 0.333. The SMILES string of the molecule is CC(CO)c1c(F)c(F)cc(Cl)c1F. The van der Waals surface area contributed by atoms with Gasteiger partial charge in [0.15, 0.2) is 11.6 Å². The van der Waals surface area contributed by atoms with Gasteiger partial charge in [-0.1, -0.05) is 18.5 Å². The average molecular weight is 225 g/mol. The van der Waals surface area contributed by atoms with E-state index in [1.165, 1.54) is 6.92 Å². The number of benzene rings is 1. The van der Waals surface area contributed by atoms with Crippen LogP contribution in [0.25, 0.3) is 0 Å². The van der Waals surface area contributed by atoms with Gasteiger partial charge in [-0.25, -0.2) is 13.2 Å². The molecule has 0 aliphatic heterocycles. The Morgan fingerprint density at radius 2 is 1.93 bits per heavy atom. The van der Waals surface area contributed by atoms with Gasteiger partial charge >= 0.3 is 0 Å². The number of aliphatic hydroxyl groups excluding tert-OH is 1. The standard InChI is InChI=1S/C9H8ClF3O/c1-4(3-14)7-8(12)5(10)2-6(11)9(7)13/h2,4,14H,3H2,1H3. The maximum Gasteiger partial charge on any atom is 0.165 e. The largest absolute Gasteiger partial charge is 0.396 e. The van der Waals surface area contributed by atoms with E-state index in [1.807, 2.05) is 0 Å². The van der Waals surface area contributed by atoms with Crippen molar-refractivity contribution in [1.82, 2.24) is 0 Å². The molecule has 1 aromatic rings. The molecule has 1 rings (SSSR count). The summed E-state index contributed by atoms with van der Waals surface area (Å²) < 4.78 is 39.1. The summed E-state index contributed by atoms with van der Waals surface area (Å²) in [5.74, 6) is -4.37. The molecule has 5 heteroatoms. The van der Waals surface area contributed by atoms with E-state index in [-0.39, 0.29) is 0 Å². The van der Waals surface area contributed by atoms with E-state index in [4.69, 9.17) is 16.7 Å². The van der Waals surface area contributed by atoms with Crippen LogP contribution in [0.15, 0.2) is 6.07 Å². The zero-order chi connectivity index (χ0) is 10.9. The lowest BCUT2D eigenvalue weighted by molar-refractivity contribution is 0.266. The Bertz CT molecular complexity index is 328. The fourth-order valence-corrected chi connectivity index (χ4v) is 1.31. The predicted octanol–water partition coefficient (Wildman–Crippen LogP) is 2.85. The highest BCUT2D eigenvalue weighted by molar-refractivity contribution is 6.30. The second-order valence-electron chi connectivity index (χ2n) is 2.97. The molecule has 0 amide bonds. The Morgan fingerprint density at radius 3 is 2.43 bits per heavy atom. The van der Waals surface area contributed by atoms with Crippen molar-refractivity contribution in [2.75, 3.05) is 6.61 Å². The molecule has 0 saturated heterocycles. The van der Waals surface area contributed by atoms with Crippen LogP contribution in [-0.4, -0.2) is 11.7 Å². The third kappa shape index (κ3) is 1.86. The van der Waals surface area contributed by atoms with E-state index in [0.29, 0.717) is 6.07 Å². The molecule has 0 aromatic heterocycles. The summed E-state index contributed by atoms with van der Waals surface area (Å²) >= 11 is 5.33.